The van der Waals surface area contributed by atoms with Gasteiger partial charge in [-0.2, -0.15) is 0 Å². The van der Waals surface area contributed by atoms with Crippen LogP contribution in [0.1, 0.15) is 25.8 Å². The van der Waals surface area contributed by atoms with E-state index in [1.54, 1.807) is 24.3 Å². The van der Waals surface area contributed by atoms with Crippen LogP contribution in [0.3, 0.4) is 0 Å². The minimum absolute atomic E-state index is 0.116. The van der Waals surface area contributed by atoms with Gasteiger partial charge in [0.1, 0.15) is 10.4 Å². The SMILES string of the molecule is CC(C)CC(C(=O)O)N1C(=O)/C(=C/c2ccc(Cl)cc2Cl)SC1=S. The van der Waals surface area contributed by atoms with Crippen molar-refractivity contribution in [3.05, 3.63) is 38.7 Å². The van der Waals surface area contributed by atoms with Crippen molar-refractivity contribution in [3.8, 4) is 0 Å². The summed E-state index contributed by atoms with van der Waals surface area (Å²) in [5, 5.41) is 10.4. The summed E-state index contributed by atoms with van der Waals surface area (Å²) in [6, 6.07) is 3.97. The molecular formula is C16H15Cl2NO3S2. The first-order valence-corrected chi connectivity index (χ1v) is 9.13. The minimum Gasteiger partial charge on any atom is -0.480 e. The van der Waals surface area contributed by atoms with Crippen LogP contribution in [0, 0.1) is 5.92 Å². The van der Waals surface area contributed by atoms with E-state index in [1.165, 1.54) is 4.90 Å². The van der Waals surface area contributed by atoms with Gasteiger partial charge >= 0.3 is 5.97 Å². The van der Waals surface area contributed by atoms with E-state index >= 15 is 0 Å². The Morgan fingerprint density at radius 3 is 2.62 bits per heavy atom. The summed E-state index contributed by atoms with van der Waals surface area (Å²) in [6.45, 7) is 3.80. The summed E-state index contributed by atoms with van der Waals surface area (Å²) in [4.78, 5) is 25.7. The fraction of sp³-hybridized carbons (Fsp3) is 0.312. The standard InChI is InChI=1S/C16H15Cl2NO3S2/c1-8(2)5-12(15(21)22)19-14(20)13(24-16(19)23)6-9-3-4-10(17)7-11(9)18/h3-4,6-8,12H,5H2,1-2H3,(H,21,22)/b13-6-. The van der Waals surface area contributed by atoms with E-state index in [4.69, 9.17) is 35.4 Å². The lowest BCUT2D eigenvalue weighted by Gasteiger charge is -2.24. The highest BCUT2D eigenvalue weighted by atomic mass is 35.5. The van der Waals surface area contributed by atoms with E-state index in [0.717, 1.165) is 11.8 Å². The molecule has 1 amide bonds. The van der Waals surface area contributed by atoms with Gasteiger partial charge in [-0.3, -0.25) is 9.69 Å². The molecule has 0 aliphatic carbocycles. The molecule has 1 aliphatic heterocycles. The molecule has 4 nitrogen and oxygen atoms in total. The zero-order valence-corrected chi connectivity index (χ0v) is 16.1. The Morgan fingerprint density at radius 1 is 1.42 bits per heavy atom. The summed E-state index contributed by atoms with van der Waals surface area (Å²) in [5.41, 5.74) is 0.623. The Hall–Kier alpha value is -1.08. The Kier molecular flexibility index (Phi) is 6.31. The van der Waals surface area contributed by atoms with Crippen molar-refractivity contribution in [2.24, 2.45) is 5.92 Å². The minimum atomic E-state index is -1.06. The monoisotopic (exact) mass is 403 g/mol. The molecule has 0 bridgehead atoms. The van der Waals surface area contributed by atoms with E-state index in [1.807, 2.05) is 13.8 Å². The smallest absolute Gasteiger partial charge is 0.326 e. The van der Waals surface area contributed by atoms with Gasteiger partial charge in [-0.1, -0.05) is 67.1 Å². The predicted octanol–water partition coefficient (Wildman–Crippen LogP) is 4.69. The number of halogens is 2. The average Bonchev–Trinajstić information content (AvgIpc) is 2.74. The molecule has 0 aromatic heterocycles. The molecule has 1 saturated heterocycles. The summed E-state index contributed by atoms with van der Waals surface area (Å²) >= 11 is 18.3. The lowest BCUT2D eigenvalue weighted by Crippen LogP contribution is -2.44. The van der Waals surface area contributed by atoms with Crippen molar-refractivity contribution < 1.29 is 14.7 Å². The lowest BCUT2D eigenvalue weighted by molar-refractivity contribution is -0.145. The maximum Gasteiger partial charge on any atom is 0.326 e. The summed E-state index contributed by atoms with van der Waals surface area (Å²) < 4.78 is 0.240. The van der Waals surface area contributed by atoms with Crippen LogP contribution < -0.4 is 0 Å². The highest BCUT2D eigenvalue weighted by Crippen LogP contribution is 2.36. The Labute approximate surface area is 159 Å². The van der Waals surface area contributed by atoms with E-state index in [2.05, 4.69) is 0 Å². The van der Waals surface area contributed by atoms with Gasteiger partial charge in [0.15, 0.2) is 0 Å². The molecule has 8 heteroatoms. The Morgan fingerprint density at radius 2 is 2.08 bits per heavy atom. The summed E-state index contributed by atoms with van der Waals surface area (Å²) in [7, 11) is 0. The van der Waals surface area contributed by atoms with Gasteiger partial charge in [0.2, 0.25) is 0 Å². The molecule has 1 aromatic carbocycles. The molecule has 1 unspecified atom stereocenters. The van der Waals surface area contributed by atoms with Crippen molar-refractivity contribution in [1.82, 2.24) is 4.90 Å². The van der Waals surface area contributed by atoms with Crippen molar-refractivity contribution in [1.29, 1.82) is 0 Å². The van der Waals surface area contributed by atoms with E-state index in [-0.39, 0.29) is 10.2 Å². The molecule has 1 aliphatic rings. The number of carboxylic acids is 1. The van der Waals surface area contributed by atoms with Gasteiger partial charge < -0.3 is 5.11 Å². The molecule has 1 atom stereocenters. The molecular weight excluding hydrogens is 389 g/mol. The van der Waals surface area contributed by atoms with E-state index < -0.39 is 17.9 Å². The van der Waals surface area contributed by atoms with Crippen LogP contribution in [0.2, 0.25) is 10.0 Å². The number of rotatable bonds is 5. The molecule has 0 spiro atoms. The first-order valence-electron chi connectivity index (χ1n) is 7.15. The Bertz CT molecular complexity index is 734. The zero-order valence-electron chi connectivity index (χ0n) is 13.0. The molecule has 2 rings (SSSR count). The normalized spacial score (nSPS) is 17.9. The molecule has 128 valence electrons. The highest BCUT2D eigenvalue weighted by molar-refractivity contribution is 8.26. The molecule has 1 heterocycles. The third kappa shape index (κ3) is 4.30. The second-order valence-electron chi connectivity index (χ2n) is 5.70. The second-order valence-corrected chi connectivity index (χ2v) is 8.22. The van der Waals surface area contributed by atoms with Crippen molar-refractivity contribution in [3.63, 3.8) is 0 Å². The molecule has 1 aromatic rings. The summed E-state index contributed by atoms with van der Waals surface area (Å²) in [5.74, 6) is -1.36. The first kappa shape index (κ1) is 19.2. The number of thiocarbonyl (C=S) groups is 1. The van der Waals surface area contributed by atoms with Crippen molar-refractivity contribution >= 4 is 69.5 Å². The van der Waals surface area contributed by atoms with Crippen LogP contribution in [0.4, 0.5) is 0 Å². The van der Waals surface area contributed by atoms with Crippen molar-refractivity contribution in [2.45, 2.75) is 26.3 Å². The number of carbonyl (C=O) groups excluding carboxylic acids is 1. The highest BCUT2D eigenvalue weighted by Gasteiger charge is 2.40. The van der Waals surface area contributed by atoms with Crippen LogP contribution in [0.15, 0.2) is 23.1 Å². The van der Waals surface area contributed by atoms with Crippen LogP contribution in [-0.2, 0) is 9.59 Å². The number of amides is 1. The van der Waals surface area contributed by atoms with Gasteiger partial charge in [0, 0.05) is 10.0 Å². The van der Waals surface area contributed by atoms with Crippen LogP contribution in [0.5, 0.6) is 0 Å². The van der Waals surface area contributed by atoms with Gasteiger partial charge in [-0.05, 0) is 36.1 Å². The number of thioether (sulfide) groups is 1. The second kappa shape index (κ2) is 7.87. The first-order chi connectivity index (χ1) is 11.2. The molecule has 1 N–H and O–H groups in total. The van der Waals surface area contributed by atoms with E-state index in [9.17, 15) is 14.7 Å². The Balaban J connectivity index is 2.33. The van der Waals surface area contributed by atoms with Crippen molar-refractivity contribution in [2.75, 3.05) is 0 Å². The fourth-order valence-corrected chi connectivity index (χ4v) is 4.08. The molecule has 1 fully saturated rings. The number of hydrogen-bond acceptors (Lipinski definition) is 4. The third-order valence-electron chi connectivity index (χ3n) is 3.36. The largest absolute Gasteiger partial charge is 0.480 e. The summed E-state index contributed by atoms with van der Waals surface area (Å²) in [6.07, 6.45) is 1.93. The molecule has 0 radical (unpaired) electrons. The van der Waals surface area contributed by atoms with Gasteiger partial charge in [-0.15, -0.1) is 0 Å². The van der Waals surface area contributed by atoms with Crippen LogP contribution in [-0.4, -0.2) is 32.2 Å². The molecule has 0 saturated carbocycles. The van der Waals surface area contributed by atoms with Gasteiger partial charge in [-0.25, -0.2) is 4.79 Å². The average molecular weight is 404 g/mol. The number of carboxylic acid groups (broad SMARTS) is 1. The van der Waals surface area contributed by atoms with Crippen LogP contribution >= 0.6 is 47.2 Å². The molecule has 24 heavy (non-hydrogen) atoms. The number of hydrogen-bond donors (Lipinski definition) is 1. The number of aliphatic carboxylic acids is 1. The zero-order chi connectivity index (χ0) is 18.0. The lowest BCUT2D eigenvalue weighted by atomic mass is 10.0. The fourth-order valence-electron chi connectivity index (χ4n) is 2.27. The quantitative estimate of drug-likeness (QED) is 0.570. The van der Waals surface area contributed by atoms with E-state index in [0.29, 0.717) is 26.9 Å². The predicted molar refractivity (Wildman–Crippen MR) is 102 cm³/mol. The number of nitrogens with zero attached hydrogens (tertiary/aromatic N) is 1. The van der Waals surface area contributed by atoms with Gasteiger partial charge in [0.25, 0.3) is 5.91 Å². The van der Waals surface area contributed by atoms with Gasteiger partial charge in [0.05, 0.1) is 4.91 Å². The maximum absolute atomic E-state index is 12.6. The number of carbonyl (C=O) groups is 2. The van der Waals surface area contributed by atoms with Crippen LogP contribution in [0.25, 0.3) is 6.08 Å². The maximum atomic E-state index is 12.6. The third-order valence-corrected chi connectivity index (χ3v) is 5.26. The number of benzene rings is 1. The topological polar surface area (TPSA) is 57.6 Å².